The lowest BCUT2D eigenvalue weighted by Gasteiger charge is -2.24. The second-order valence-electron chi connectivity index (χ2n) is 6.14. The van der Waals surface area contributed by atoms with Crippen LogP contribution in [0.5, 0.6) is 5.75 Å². The van der Waals surface area contributed by atoms with Gasteiger partial charge in [-0.1, -0.05) is 5.16 Å². The normalized spacial score (nSPS) is 11.6. The van der Waals surface area contributed by atoms with E-state index in [9.17, 15) is 17.6 Å². The van der Waals surface area contributed by atoms with Gasteiger partial charge in [-0.2, -0.15) is 0 Å². The Morgan fingerprint density at radius 3 is 2.67 bits per heavy atom. The first-order valence-electron chi connectivity index (χ1n) is 8.43. The van der Waals surface area contributed by atoms with Gasteiger partial charge in [0.15, 0.2) is 5.82 Å². The van der Waals surface area contributed by atoms with Gasteiger partial charge in [0.1, 0.15) is 23.5 Å². The molecule has 0 spiro atoms. The van der Waals surface area contributed by atoms with Crippen molar-refractivity contribution in [2.75, 3.05) is 11.4 Å². The standard InChI is InChI=1S/C19H13BrFN3O5S/c1-28-17-9-13(20)14(21)10-16(17)24(18-6-7-29-23-18)30(26,27)12-3-4-15-11(8-12)2-5-19(25)22-15/h2-10H,1H3,(H,22,25). The molecule has 0 atom stereocenters. The highest BCUT2D eigenvalue weighted by molar-refractivity contribution is 9.10. The minimum atomic E-state index is -4.28. The highest BCUT2D eigenvalue weighted by atomic mass is 79.9. The van der Waals surface area contributed by atoms with Gasteiger partial charge < -0.3 is 14.2 Å². The third-order valence-corrected chi connectivity index (χ3v) is 6.63. The number of benzene rings is 2. The summed E-state index contributed by atoms with van der Waals surface area (Å²) in [6, 6.07) is 10.7. The Labute approximate surface area is 178 Å². The fourth-order valence-corrected chi connectivity index (χ4v) is 4.72. The molecule has 0 aliphatic rings. The molecule has 0 fully saturated rings. The first-order valence-corrected chi connectivity index (χ1v) is 10.7. The summed E-state index contributed by atoms with van der Waals surface area (Å²) >= 11 is 3.06. The molecule has 2 aromatic heterocycles. The van der Waals surface area contributed by atoms with E-state index in [1.807, 2.05) is 0 Å². The van der Waals surface area contributed by atoms with Gasteiger partial charge in [-0.25, -0.2) is 17.1 Å². The number of aromatic amines is 1. The number of hydrogen-bond acceptors (Lipinski definition) is 6. The van der Waals surface area contributed by atoms with E-state index in [1.165, 1.54) is 55.8 Å². The number of ether oxygens (including phenoxy) is 1. The van der Waals surface area contributed by atoms with Gasteiger partial charge in [0.05, 0.1) is 16.5 Å². The molecule has 0 radical (unpaired) electrons. The van der Waals surface area contributed by atoms with Crippen LogP contribution in [-0.4, -0.2) is 25.7 Å². The summed E-state index contributed by atoms with van der Waals surface area (Å²) in [7, 11) is -2.95. The van der Waals surface area contributed by atoms with Gasteiger partial charge in [0, 0.05) is 23.7 Å². The minimum Gasteiger partial charge on any atom is -0.494 e. The molecular formula is C19H13BrFN3O5S. The molecular weight excluding hydrogens is 481 g/mol. The zero-order chi connectivity index (χ0) is 21.5. The predicted molar refractivity (Wildman–Crippen MR) is 111 cm³/mol. The van der Waals surface area contributed by atoms with E-state index in [0.29, 0.717) is 10.9 Å². The number of fused-ring (bicyclic) bond motifs is 1. The van der Waals surface area contributed by atoms with Crippen LogP contribution in [-0.2, 0) is 10.0 Å². The van der Waals surface area contributed by atoms with E-state index >= 15 is 0 Å². The molecule has 8 nitrogen and oxygen atoms in total. The van der Waals surface area contributed by atoms with Crippen molar-refractivity contribution in [3.8, 4) is 5.75 Å². The Kier molecular flexibility index (Phi) is 5.08. The van der Waals surface area contributed by atoms with Gasteiger partial charge in [0.25, 0.3) is 10.0 Å². The van der Waals surface area contributed by atoms with E-state index in [1.54, 1.807) is 0 Å². The number of rotatable bonds is 5. The van der Waals surface area contributed by atoms with Crippen molar-refractivity contribution in [3.05, 3.63) is 75.4 Å². The number of nitrogens with zero attached hydrogens (tertiary/aromatic N) is 2. The van der Waals surface area contributed by atoms with Gasteiger partial charge in [-0.15, -0.1) is 0 Å². The molecule has 2 heterocycles. The summed E-state index contributed by atoms with van der Waals surface area (Å²) in [5.74, 6) is -0.679. The van der Waals surface area contributed by atoms with Crippen molar-refractivity contribution >= 4 is 48.4 Å². The lowest BCUT2D eigenvalue weighted by molar-refractivity contribution is 0.412. The Bertz CT molecular complexity index is 1400. The van der Waals surface area contributed by atoms with Crippen molar-refractivity contribution in [1.29, 1.82) is 0 Å². The van der Waals surface area contributed by atoms with Gasteiger partial charge in [-0.3, -0.25) is 4.79 Å². The smallest absolute Gasteiger partial charge is 0.270 e. The van der Waals surface area contributed by atoms with Crippen LogP contribution in [0.3, 0.4) is 0 Å². The van der Waals surface area contributed by atoms with E-state index in [2.05, 4.69) is 26.1 Å². The van der Waals surface area contributed by atoms with Crippen LogP contribution in [0.15, 0.2) is 73.5 Å². The van der Waals surface area contributed by atoms with Crippen LogP contribution >= 0.6 is 15.9 Å². The molecule has 4 aromatic rings. The second-order valence-corrected chi connectivity index (χ2v) is 8.78. The molecule has 0 aliphatic carbocycles. The summed E-state index contributed by atoms with van der Waals surface area (Å²) in [4.78, 5) is 14.0. The Morgan fingerprint density at radius 1 is 1.17 bits per heavy atom. The van der Waals surface area contributed by atoms with Gasteiger partial charge in [0.2, 0.25) is 5.56 Å². The maximum atomic E-state index is 14.3. The molecule has 0 saturated heterocycles. The first-order chi connectivity index (χ1) is 14.3. The fraction of sp³-hybridized carbons (Fsp3) is 0.0526. The van der Waals surface area contributed by atoms with Crippen LogP contribution < -0.4 is 14.6 Å². The van der Waals surface area contributed by atoms with Crippen molar-refractivity contribution in [2.45, 2.75) is 4.90 Å². The van der Waals surface area contributed by atoms with Crippen molar-refractivity contribution in [1.82, 2.24) is 10.1 Å². The average Bonchev–Trinajstić information content (AvgIpc) is 3.24. The molecule has 30 heavy (non-hydrogen) atoms. The molecule has 0 aliphatic heterocycles. The molecule has 0 saturated carbocycles. The largest absolute Gasteiger partial charge is 0.494 e. The van der Waals surface area contributed by atoms with E-state index < -0.39 is 15.8 Å². The minimum absolute atomic E-state index is 0.0865. The summed E-state index contributed by atoms with van der Waals surface area (Å²) < 4.78 is 52.5. The monoisotopic (exact) mass is 493 g/mol. The quantitative estimate of drug-likeness (QED) is 0.451. The average molecular weight is 494 g/mol. The summed E-state index contributed by atoms with van der Waals surface area (Å²) in [5, 5.41) is 4.23. The number of H-pyrrole nitrogens is 1. The van der Waals surface area contributed by atoms with Crippen molar-refractivity contribution in [3.63, 3.8) is 0 Å². The number of pyridine rings is 1. The SMILES string of the molecule is COc1cc(Br)c(F)cc1N(c1ccon1)S(=O)(=O)c1ccc2[nH]c(=O)ccc2c1. The molecule has 0 unspecified atom stereocenters. The fourth-order valence-electron chi connectivity index (χ4n) is 2.93. The Balaban J connectivity index is 1.96. The van der Waals surface area contributed by atoms with E-state index in [4.69, 9.17) is 9.26 Å². The zero-order valence-corrected chi connectivity index (χ0v) is 17.7. The van der Waals surface area contributed by atoms with Crippen molar-refractivity contribution in [2.24, 2.45) is 0 Å². The van der Waals surface area contributed by atoms with Crippen LogP contribution in [0.2, 0.25) is 0 Å². The zero-order valence-electron chi connectivity index (χ0n) is 15.3. The Hall–Kier alpha value is -3.18. The molecule has 1 N–H and O–H groups in total. The topological polar surface area (TPSA) is 106 Å². The number of nitrogens with one attached hydrogen (secondary N) is 1. The number of sulfonamides is 1. The summed E-state index contributed by atoms with van der Waals surface area (Å²) in [5.41, 5.74) is 0.0766. The van der Waals surface area contributed by atoms with E-state index in [-0.39, 0.29) is 32.2 Å². The number of hydrogen-bond donors (Lipinski definition) is 1. The maximum absolute atomic E-state index is 14.3. The third kappa shape index (κ3) is 3.46. The van der Waals surface area contributed by atoms with Crippen LogP contribution in [0.1, 0.15) is 0 Å². The Morgan fingerprint density at radius 2 is 1.97 bits per heavy atom. The second kappa shape index (κ2) is 7.58. The van der Waals surface area contributed by atoms with Gasteiger partial charge in [-0.05, 0) is 51.6 Å². The third-order valence-electron chi connectivity index (χ3n) is 4.31. The number of halogens is 2. The highest BCUT2D eigenvalue weighted by Crippen LogP contribution is 2.40. The van der Waals surface area contributed by atoms with Crippen LogP contribution in [0.4, 0.5) is 15.9 Å². The number of methoxy groups -OCH3 is 1. The first kappa shape index (κ1) is 20.1. The van der Waals surface area contributed by atoms with E-state index in [0.717, 1.165) is 10.4 Å². The number of anilines is 2. The maximum Gasteiger partial charge on any atom is 0.270 e. The molecule has 4 rings (SSSR count). The molecule has 11 heteroatoms. The summed E-state index contributed by atoms with van der Waals surface area (Å²) in [6.07, 6.45) is 1.20. The van der Waals surface area contributed by atoms with Crippen LogP contribution in [0.25, 0.3) is 10.9 Å². The molecule has 0 amide bonds. The molecule has 154 valence electrons. The molecule has 0 bridgehead atoms. The van der Waals surface area contributed by atoms with Crippen molar-refractivity contribution < 1.29 is 22.1 Å². The van der Waals surface area contributed by atoms with Crippen LogP contribution in [0, 0.1) is 5.82 Å². The van der Waals surface area contributed by atoms with Gasteiger partial charge >= 0.3 is 0 Å². The lowest BCUT2D eigenvalue weighted by atomic mass is 10.2. The molecule has 2 aromatic carbocycles. The number of aromatic nitrogens is 2. The summed E-state index contributed by atoms with van der Waals surface area (Å²) in [6.45, 7) is 0. The lowest BCUT2D eigenvalue weighted by Crippen LogP contribution is -2.27. The highest BCUT2D eigenvalue weighted by Gasteiger charge is 2.32. The predicted octanol–water partition coefficient (Wildman–Crippen LogP) is 3.95.